The van der Waals surface area contributed by atoms with Gasteiger partial charge in [-0.15, -0.1) is 0 Å². The van der Waals surface area contributed by atoms with Crippen LogP contribution in [0.4, 0.5) is 4.79 Å². The largest absolute Gasteiger partial charge is 0.443 e. The first kappa shape index (κ1) is 13.3. The van der Waals surface area contributed by atoms with Gasteiger partial charge in [0.15, 0.2) is 0 Å². The lowest BCUT2D eigenvalue weighted by atomic mass is 9.98. The van der Waals surface area contributed by atoms with Gasteiger partial charge in [0.1, 0.15) is 5.60 Å². The lowest BCUT2D eigenvalue weighted by Gasteiger charge is -2.28. The predicted molar refractivity (Wildman–Crippen MR) is 67.1 cm³/mol. The van der Waals surface area contributed by atoms with Gasteiger partial charge < -0.3 is 10.1 Å². The molecular formula is C13H22N2O3. The number of ether oxygens (including phenoxy) is 1. The summed E-state index contributed by atoms with van der Waals surface area (Å²) < 4.78 is 5.33. The van der Waals surface area contributed by atoms with Crippen LogP contribution in [0.1, 0.15) is 40.0 Å². The van der Waals surface area contributed by atoms with Crippen LogP contribution >= 0.6 is 0 Å². The molecule has 2 amide bonds. The van der Waals surface area contributed by atoms with Crippen molar-refractivity contribution in [3.8, 4) is 0 Å². The highest BCUT2D eigenvalue weighted by atomic mass is 16.6. The van der Waals surface area contributed by atoms with Gasteiger partial charge in [0.05, 0.1) is 0 Å². The van der Waals surface area contributed by atoms with Crippen molar-refractivity contribution in [2.24, 2.45) is 5.92 Å². The summed E-state index contributed by atoms with van der Waals surface area (Å²) in [4.78, 5) is 25.4. The topological polar surface area (TPSA) is 58.6 Å². The molecule has 2 fully saturated rings. The molecule has 2 aliphatic heterocycles. The molecule has 2 saturated heterocycles. The predicted octanol–water partition coefficient (Wildman–Crippen LogP) is 1.52. The number of rotatable bonds is 0. The second-order valence-electron chi connectivity index (χ2n) is 6.12. The third kappa shape index (κ3) is 2.83. The zero-order chi connectivity index (χ0) is 13.3. The van der Waals surface area contributed by atoms with Crippen LogP contribution in [0, 0.1) is 5.92 Å². The summed E-state index contributed by atoms with van der Waals surface area (Å²) in [6, 6.07) is 0.0161. The molecule has 0 spiro atoms. The molecule has 5 heteroatoms. The van der Waals surface area contributed by atoms with Crippen molar-refractivity contribution in [2.75, 3.05) is 13.1 Å². The van der Waals surface area contributed by atoms with E-state index in [0.717, 1.165) is 25.9 Å². The number of amides is 2. The number of hydrogen-bond donors (Lipinski definition) is 1. The minimum atomic E-state index is -0.557. The first-order chi connectivity index (χ1) is 8.38. The fourth-order valence-electron chi connectivity index (χ4n) is 2.70. The number of imide groups is 1. The van der Waals surface area contributed by atoms with Crippen LogP contribution in [-0.2, 0) is 9.53 Å². The van der Waals surface area contributed by atoms with Crippen LogP contribution in [-0.4, -0.2) is 41.6 Å². The second kappa shape index (κ2) is 4.88. The quantitative estimate of drug-likeness (QED) is 0.712. The van der Waals surface area contributed by atoms with Crippen LogP contribution < -0.4 is 5.32 Å². The Bertz CT molecular complexity index is 349. The molecule has 2 aliphatic rings. The Labute approximate surface area is 108 Å². The van der Waals surface area contributed by atoms with Gasteiger partial charge >= 0.3 is 6.09 Å². The van der Waals surface area contributed by atoms with Crippen molar-refractivity contribution >= 4 is 12.0 Å². The summed E-state index contributed by atoms with van der Waals surface area (Å²) >= 11 is 0. The molecule has 5 nitrogen and oxygen atoms in total. The maximum Gasteiger partial charge on any atom is 0.417 e. The second-order valence-corrected chi connectivity index (χ2v) is 6.12. The lowest BCUT2D eigenvalue weighted by molar-refractivity contribution is -0.128. The summed E-state index contributed by atoms with van der Waals surface area (Å²) in [7, 11) is 0. The molecule has 2 rings (SSSR count). The number of fused-ring (bicyclic) bond motifs is 1. The molecule has 0 aromatic rings. The molecule has 2 atom stereocenters. The van der Waals surface area contributed by atoms with Crippen molar-refractivity contribution in [2.45, 2.75) is 51.7 Å². The molecule has 0 saturated carbocycles. The summed E-state index contributed by atoms with van der Waals surface area (Å²) in [5.41, 5.74) is -0.557. The van der Waals surface area contributed by atoms with E-state index in [0.29, 0.717) is 6.42 Å². The molecule has 0 aromatic heterocycles. The van der Waals surface area contributed by atoms with Gasteiger partial charge in [-0.05, 0) is 40.2 Å². The van der Waals surface area contributed by atoms with E-state index >= 15 is 0 Å². The van der Waals surface area contributed by atoms with E-state index in [1.54, 1.807) is 0 Å². The Morgan fingerprint density at radius 2 is 2.17 bits per heavy atom. The number of hydrogen-bond acceptors (Lipinski definition) is 4. The summed E-state index contributed by atoms with van der Waals surface area (Å²) in [6.45, 7) is 7.23. The molecular weight excluding hydrogens is 232 g/mol. The molecule has 18 heavy (non-hydrogen) atoms. The molecule has 102 valence electrons. The normalized spacial score (nSPS) is 28.8. The standard InChI is InChI=1S/C13H22N2O3/c1-13(2,3)18-12(17)15-10-5-4-6-14-8-9(10)7-11(15)16/h9-10,14H,4-8H2,1-3H3. The highest BCUT2D eigenvalue weighted by Crippen LogP contribution is 2.31. The van der Waals surface area contributed by atoms with E-state index < -0.39 is 11.7 Å². The summed E-state index contributed by atoms with van der Waals surface area (Å²) in [5.74, 6) is 0.149. The Balaban J connectivity index is 2.10. The van der Waals surface area contributed by atoms with Gasteiger partial charge in [0.25, 0.3) is 0 Å². The minimum absolute atomic E-state index is 0.0161. The molecule has 0 bridgehead atoms. The average Bonchev–Trinajstić information content (AvgIpc) is 2.40. The van der Waals surface area contributed by atoms with Crippen LogP contribution in [0.25, 0.3) is 0 Å². The molecule has 0 aliphatic carbocycles. The molecule has 0 radical (unpaired) electrons. The van der Waals surface area contributed by atoms with Crippen LogP contribution in [0.15, 0.2) is 0 Å². The van der Waals surface area contributed by atoms with Crippen LogP contribution in [0.5, 0.6) is 0 Å². The minimum Gasteiger partial charge on any atom is -0.443 e. The van der Waals surface area contributed by atoms with Crippen molar-refractivity contribution in [3.63, 3.8) is 0 Å². The van der Waals surface area contributed by atoms with Crippen molar-refractivity contribution in [1.82, 2.24) is 10.2 Å². The number of carbonyl (C=O) groups excluding carboxylic acids is 2. The fourth-order valence-corrected chi connectivity index (χ4v) is 2.70. The highest BCUT2D eigenvalue weighted by molar-refractivity contribution is 5.94. The third-order valence-corrected chi connectivity index (χ3v) is 3.43. The van der Waals surface area contributed by atoms with Gasteiger partial charge in [0.2, 0.25) is 5.91 Å². The van der Waals surface area contributed by atoms with Gasteiger partial charge in [-0.3, -0.25) is 4.79 Å². The smallest absolute Gasteiger partial charge is 0.417 e. The first-order valence-electron chi connectivity index (χ1n) is 6.64. The Morgan fingerprint density at radius 3 is 2.83 bits per heavy atom. The van der Waals surface area contributed by atoms with E-state index in [4.69, 9.17) is 4.74 Å². The Kier molecular flexibility index (Phi) is 3.61. The van der Waals surface area contributed by atoms with Crippen molar-refractivity contribution in [1.29, 1.82) is 0 Å². The maximum absolute atomic E-state index is 12.1. The van der Waals surface area contributed by atoms with E-state index in [9.17, 15) is 9.59 Å². The zero-order valence-electron chi connectivity index (χ0n) is 11.4. The first-order valence-corrected chi connectivity index (χ1v) is 6.64. The van der Waals surface area contributed by atoms with Crippen LogP contribution in [0.3, 0.4) is 0 Å². The third-order valence-electron chi connectivity index (χ3n) is 3.43. The van der Waals surface area contributed by atoms with Crippen molar-refractivity contribution < 1.29 is 14.3 Å². The van der Waals surface area contributed by atoms with E-state index in [1.165, 1.54) is 4.90 Å². The fraction of sp³-hybridized carbons (Fsp3) is 0.846. The maximum atomic E-state index is 12.1. The van der Waals surface area contributed by atoms with Crippen molar-refractivity contribution in [3.05, 3.63) is 0 Å². The number of likely N-dealkylation sites (tertiary alicyclic amines) is 1. The van der Waals surface area contributed by atoms with E-state index in [1.807, 2.05) is 20.8 Å². The molecule has 2 unspecified atom stereocenters. The monoisotopic (exact) mass is 254 g/mol. The SMILES string of the molecule is CC(C)(C)OC(=O)N1C(=O)CC2CNCCCC21. The van der Waals surface area contributed by atoms with E-state index in [-0.39, 0.29) is 17.9 Å². The summed E-state index contributed by atoms with van der Waals surface area (Å²) in [5, 5.41) is 3.32. The van der Waals surface area contributed by atoms with Crippen LogP contribution in [0.2, 0.25) is 0 Å². The zero-order valence-corrected chi connectivity index (χ0v) is 11.4. The molecule has 1 N–H and O–H groups in total. The Morgan fingerprint density at radius 1 is 1.44 bits per heavy atom. The number of nitrogens with zero attached hydrogens (tertiary/aromatic N) is 1. The average molecular weight is 254 g/mol. The van der Waals surface area contributed by atoms with Gasteiger partial charge in [-0.2, -0.15) is 0 Å². The van der Waals surface area contributed by atoms with E-state index in [2.05, 4.69) is 5.32 Å². The molecule has 0 aromatic carbocycles. The van der Waals surface area contributed by atoms with Gasteiger partial charge in [-0.25, -0.2) is 9.69 Å². The highest BCUT2D eigenvalue weighted by Gasteiger charge is 2.44. The molecule has 2 heterocycles. The van der Waals surface area contributed by atoms with Gasteiger partial charge in [0, 0.05) is 24.9 Å². The Hall–Kier alpha value is -1.10. The number of nitrogens with one attached hydrogen (secondary N) is 1. The van der Waals surface area contributed by atoms with Gasteiger partial charge in [-0.1, -0.05) is 0 Å². The summed E-state index contributed by atoms with van der Waals surface area (Å²) in [6.07, 6.45) is 1.84. The lowest BCUT2D eigenvalue weighted by Crippen LogP contribution is -2.43. The number of carbonyl (C=O) groups is 2.